The molecule has 9 aromatic rings. The van der Waals surface area contributed by atoms with Crippen LogP contribution in [0.15, 0.2) is 200 Å². The van der Waals surface area contributed by atoms with Crippen molar-refractivity contribution in [1.29, 1.82) is 0 Å². The van der Waals surface area contributed by atoms with Gasteiger partial charge in [-0.3, -0.25) is 0 Å². The fourth-order valence-corrected chi connectivity index (χ4v) is 12.2. The maximum atomic E-state index is 4.13. The number of aryl methyl sites for hydroxylation is 14. The summed E-state index contributed by atoms with van der Waals surface area (Å²) in [4.78, 5) is 0. The van der Waals surface area contributed by atoms with Crippen LogP contribution < -0.4 is 0 Å². The SMILES string of the molecule is C=C(/C=C(C)\C=C\C)c1ccc(CCCC)cc1.Cc1cc(C)cc(-c2c(C)cc(C(C)(C)C)cc2C)c1.Cc1cc(C)cc(-c2c(C)cc(C)cc2C)c1.Cc1cc(C)cc(-c2ccc(C(C)(C)C)cc2)c1.Cc1cc(C)cc(-c2ccc(C(C)C)cc2)c1. The highest BCUT2D eigenvalue weighted by Gasteiger charge is 2.18. The van der Waals surface area contributed by atoms with E-state index in [4.69, 9.17) is 0 Å². The summed E-state index contributed by atoms with van der Waals surface area (Å²) in [5.41, 5.74) is 37.7. The van der Waals surface area contributed by atoms with E-state index in [9.17, 15) is 0 Å². The van der Waals surface area contributed by atoms with E-state index in [-0.39, 0.29) is 10.8 Å². The summed E-state index contributed by atoms with van der Waals surface area (Å²) in [5.74, 6) is 0.600. The van der Waals surface area contributed by atoms with Crippen molar-refractivity contribution in [1.82, 2.24) is 0 Å². The first kappa shape index (κ1) is 72.9. The number of unbranched alkanes of at least 4 members (excludes halogenated alkanes) is 1. The Kier molecular flexibility index (Phi) is 27.0. The van der Waals surface area contributed by atoms with Crippen molar-refractivity contribution in [3.8, 4) is 44.5 Å². The van der Waals surface area contributed by atoms with E-state index in [0.29, 0.717) is 5.92 Å². The van der Waals surface area contributed by atoms with Gasteiger partial charge in [-0.2, -0.15) is 0 Å². The van der Waals surface area contributed by atoms with Crippen LogP contribution in [0, 0.1) is 90.0 Å². The zero-order valence-corrected chi connectivity index (χ0v) is 60.3. The lowest BCUT2D eigenvalue weighted by Gasteiger charge is -2.22. The van der Waals surface area contributed by atoms with Crippen molar-refractivity contribution in [3.05, 3.63) is 300 Å². The van der Waals surface area contributed by atoms with Gasteiger partial charge in [-0.15, -0.1) is 0 Å². The zero-order valence-electron chi connectivity index (χ0n) is 60.3. The molecule has 9 rings (SSSR count). The Morgan fingerprint density at radius 2 is 0.733 bits per heavy atom. The van der Waals surface area contributed by atoms with E-state index < -0.39 is 0 Å². The molecule has 0 aliphatic carbocycles. The van der Waals surface area contributed by atoms with Gasteiger partial charge in [0.2, 0.25) is 0 Å². The molecule has 0 bridgehead atoms. The summed E-state index contributed by atoms with van der Waals surface area (Å²) in [6.45, 7) is 56.8. The Hall–Kier alpha value is -7.80. The highest BCUT2D eigenvalue weighted by Crippen LogP contribution is 2.35. The van der Waals surface area contributed by atoms with E-state index in [0.717, 1.165) is 5.57 Å². The summed E-state index contributed by atoms with van der Waals surface area (Å²) >= 11 is 0. The third-order valence-electron chi connectivity index (χ3n) is 16.5. The molecule has 0 spiro atoms. The van der Waals surface area contributed by atoms with Crippen molar-refractivity contribution >= 4 is 5.57 Å². The molecule has 0 aliphatic heterocycles. The molecule has 90 heavy (non-hydrogen) atoms. The van der Waals surface area contributed by atoms with Crippen molar-refractivity contribution in [3.63, 3.8) is 0 Å². The minimum Gasteiger partial charge on any atom is -0.0912 e. The lowest BCUT2D eigenvalue weighted by atomic mass is 9.82. The average Bonchev–Trinajstić information content (AvgIpc) is 1.44. The molecule has 9 aromatic carbocycles. The normalized spacial score (nSPS) is 11.4. The molecule has 0 N–H and O–H groups in total. The molecule has 0 saturated heterocycles. The van der Waals surface area contributed by atoms with Crippen LogP contribution in [0.25, 0.3) is 50.1 Å². The van der Waals surface area contributed by atoms with Gasteiger partial charge in [0.15, 0.2) is 0 Å². The molecule has 0 aliphatic rings. The van der Waals surface area contributed by atoms with E-state index in [1.165, 1.54) is 169 Å². The monoisotopic (exact) mass is 1190 g/mol. The van der Waals surface area contributed by atoms with Gasteiger partial charge in [-0.05, 0) is 234 Å². The summed E-state index contributed by atoms with van der Waals surface area (Å²) in [6, 6.07) is 62.9. The van der Waals surface area contributed by atoms with E-state index in [1.54, 1.807) is 0 Å². The standard InChI is InChI=1S/C20H26.C18H22.C18H24.2C17H20/c1-13-8-14(2)10-17(9-13)19-15(3)11-18(12-16(19)4)20(5,6)7;1-13-10-14(2)12-16(11-13)15-6-8-17(9-7-15)18(3,4)5;1-5-7-9-17-10-12-18(13-11-17)16(4)14-15(3)8-6-2;1-11-6-12(2)10-16(9-11)17-14(4)7-13(3)8-15(17)5;1-12(2)15-5-7-16(8-6-15)17-10-13(3)9-14(4)11-17/h8-12H,1-7H3;6-12H,1-5H3;6,8,10-14H,4-5,7,9H2,1-3H3;6-10H,1-5H3;5-12H,1-4H3/b;;8-6+,15-14-;;. The van der Waals surface area contributed by atoms with Crippen LogP contribution in [-0.2, 0) is 17.3 Å². The molecule has 0 aromatic heterocycles. The molecule has 472 valence electrons. The average molecular weight is 1190 g/mol. The van der Waals surface area contributed by atoms with E-state index >= 15 is 0 Å². The van der Waals surface area contributed by atoms with Gasteiger partial charge in [0.05, 0.1) is 0 Å². The van der Waals surface area contributed by atoms with Crippen LogP contribution in [0.5, 0.6) is 0 Å². The third kappa shape index (κ3) is 22.6. The summed E-state index contributed by atoms with van der Waals surface area (Å²) in [6.07, 6.45) is 9.96. The van der Waals surface area contributed by atoms with Crippen molar-refractivity contribution < 1.29 is 0 Å². The van der Waals surface area contributed by atoms with Gasteiger partial charge in [0.1, 0.15) is 0 Å². The Labute approximate surface area is 549 Å². The number of rotatable bonds is 11. The van der Waals surface area contributed by atoms with Gasteiger partial charge >= 0.3 is 0 Å². The molecule has 0 heteroatoms. The predicted molar refractivity (Wildman–Crippen MR) is 403 cm³/mol. The maximum Gasteiger partial charge on any atom is -0.0125 e. The minimum absolute atomic E-state index is 0.205. The van der Waals surface area contributed by atoms with Crippen molar-refractivity contribution in [2.75, 3.05) is 0 Å². The van der Waals surface area contributed by atoms with Gasteiger partial charge in [-0.1, -0.05) is 319 Å². The number of hydrogen-bond donors (Lipinski definition) is 0. The Bertz CT molecular complexity index is 3740. The Balaban J connectivity index is 0.000000205. The molecular weight excluding hydrogens is 1080 g/mol. The smallest absolute Gasteiger partial charge is 0.0125 e. The highest BCUT2D eigenvalue weighted by atomic mass is 14.2. The number of benzene rings is 9. The topological polar surface area (TPSA) is 0 Å². The van der Waals surface area contributed by atoms with Gasteiger partial charge in [0, 0.05) is 0 Å². The largest absolute Gasteiger partial charge is 0.0912 e. The lowest BCUT2D eigenvalue weighted by molar-refractivity contribution is 0.589. The third-order valence-corrected chi connectivity index (χ3v) is 16.5. The molecule has 0 heterocycles. The molecule has 0 radical (unpaired) electrons. The predicted octanol–water partition coefficient (Wildman–Crippen LogP) is 26.7. The Morgan fingerprint density at radius 1 is 0.400 bits per heavy atom. The second-order valence-electron chi connectivity index (χ2n) is 28.3. The van der Waals surface area contributed by atoms with Gasteiger partial charge < -0.3 is 0 Å². The summed E-state index contributed by atoms with van der Waals surface area (Å²) in [7, 11) is 0. The van der Waals surface area contributed by atoms with Crippen molar-refractivity contribution in [2.24, 2.45) is 0 Å². The lowest BCUT2D eigenvalue weighted by Crippen LogP contribution is -2.12. The fraction of sp³-hybridized carbons (Fsp3) is 0.333. The van der Waals surface area contributed by atoms with E-state index in [1.807, 2.05) is 13.0 Å². The van der Waals surface area contributed by atoms with Crippen LogP contribution in [0.2, 0.25) is 0 Å². The molecule has 0 fully saturated rings. The Morgan fingerprint density at radius 3 is 1.07 bits per heavy atom. The zero-order chi connectivity index (χ0) is 66.8. The van der Waals surface area contributed by atoms with E-state index in [2.05, 4.69) is 348 Å². The second-order valence-corrected chi connectivity index (χ2v) is 28.3. The van der Waals surface area contributed by atoms with Crippen LogP contribution >= 0.6 is 0 Å². The minimum atomic E-state index is 0.205. The van der Waals surface area contributed by atoms with Crippen LogP contribution in [0.1, 0.15) is 195 Å². The molecule has 0 unspecified atom stereocenters. The first-order chi connectivity index (χ1) is 42.2. The van der Waals surface area contributed by atoms with Crippen LogP contribution in [-0.4, -0.2) is 0 Å². The quantitative estimate of drug-likeness (QED) is 0.113. The van der Waals surface area contributed by atoms with Crippen molar-refractivity contribution in [2.45, 2.75) is 202 Å². The first-order valence-electron chi connectivity index (χ1n) is 33.1. The van der Waals surface area contributed by atoms with Gasteiger partial charge in [-0.25, -0.2) is 0 Å². The van der Waals surface area contributed by atoms with Crippen LogP contribution in [0.4, 0.5) is 0 Å². The fourth-order valence-electron chi connectivity index (χ4n) is 12.2. The van der Waals surface area contributed by atoms with Gasteiger partial charge in [0.25, 0.3) is 0 Å². The molecule has 0 atom stereocenters. The highest BCUT2D eigenvalue weighted by molar-refractivity contribution is 5.75. The molecular formula is C90H112. The molecule has 0 amide bonds. The summed E-state index contributed by atoms with van der Waals surface area (Å²) in [5, 5.41) is 0. The first-order valence-corrected chi connectivity index (χ1v) is 33.1. The maximum absolute atomic E-state index is 4.13. The molecule has 0 nitrogen and oxygen atoms in total. The second kappa shape index (κ2) is 33.3. The summed E-state index contributed by atoms with van der Waals surface area (Å²) < 4.78 is 0. The number of allylic oxidation sites excluding steroid dienone is 5. The number of hydrogen-bond acceptors (Lipinski definition) is 0. The van der Waals surface area contributed by atoms with Crippen LogP contribution in [0.3, 0.4) is 0 Å². The molecule has 0 saturated carbocycles.